The van der Waals surface area contributed by atoms with Crippen LogP contribution >= 0.6 is 0 Å². The molecule has 1 aromatic heterocycles. The SMILES string of the molecule is CC(C(=O)NCCON=C(N)N)c1ccc(NS(=O)(=O)Cc2cccc(F)c2)c(=O)n1OC(=O)C(F)(F)F. The Morgan fingerprint density at radius 3 is 2.47 bits per heavy atom. The number of rotatable bonds is 11. The molecule has 0 saturated heterocycles. The minimum absolute atomic E-state index is 0.00653. The molecule has 13 nitrogen and oxygen atoms in total. The van der Waals surface area contributed by atoms with Crippen LogP contribution in [0.15, 0.2) is 46.3 Å². The van der Waals surface area contributed by atoms with Crippen LogP contribution in [0.5, 0.6) is 0 Å². The Kier molecular flexibility index (Phi) is 9.64. The number of hydrogen-bond acceptors (Lipinski definition) is 8. The molecule has 0 saturated carbocycles. The molecule has 0 aliphatic carbocycles. The number of carbonyl (C=O) groups is 2. The maximum absolute atomic E-state index is 13.4. The van der Waals surface area contributed by atoms with Crippen LogP contribution in [-0.4, -0.2) is 50.3 Å². The van der Waals surface area contributed by atoms with Gasteiger partial charge in [-0.05, 0) is 41.9 Å². The maximum atomic E-state index is 13.4. The number of hydrogen-bond donors (Lipinski definition) is 4. The number of nitrogens with zero attached hydrogens (tertiary/aromatic N) is 2. The molecule has 0 spiro atoms. The minimum atomic E-state index is -5.53. The van der Waals surface area contributed by atoms with Gasteiger partial charge in [0.15, 0.2) is 0 Å². The van der Waals surface area contributed by atoms with Gasteiger partial charge < -0.3 is 26.5 Å². The fraction of sp³-hybridized carbons (Fsp3) is 0.300. The number of benzene rings is 1. The lowest BCUT2D eigenvalue weighted by Crippen LogP contribution is -2.42. The molecule has 0 aliphatic heterocycles. The largest absolute Gasteiger partial charge is 0.493 e. The smallest absolute Gasteiger partial charge is 0.391 e. The van der Waals surface area contributed by atoms with Crippen molar-refractivity contribution in [1.29, 1.82) is 0 Å². The zero-order valence-corrected chi connectivity index (χ0v) is 20.3. The Labute approximate surface area is 212 Å². The molecule has 0 bridgehead atoms. The van der Waals surface area contributed by atoms with Crippen LogP contribution < -0.4 is 31.9 Å². The van der Waals surface area contributed by atoms with E-state index in [1.54, 1.807) is 0 Å². The van der Waals surface area contributed by atoms with Gasteiger partial charge in [-0.2, -0.15) is 13.2 Å². The van der Waals surface area contributed by atoms with Crippen LogP contribution in [0.2, 0.25) is 0 Å². The van der Waals surface area contributed by atoms with Gasteiger partial charge in [-0.15, -0.1) is 4.73 Å². The molecule has 0 aliphatic rings. The minimum Gasteiger partial charge on any atom is -0.391 e. The summed E-state index contributed by atoms with van der Waals surface area (Å²) in [6.07, 6.45) is -5.53. The number of alkyl halides is 3. The molecule has 18 heteroatoms. The highest BCUT2D eigenvalue weighted by molar-refractivity contribution is 7.91. The predicted molar refractivity (Wildman–Crippen MR) is 124 cm³/mol. The monoisotopic (exact) mass is 566 g/mol. The van der Waals surface area contributed by atoms with E-state index >= 15 is 0 Å². The van der Waals surface area contributed by atoms with Gasteiger partial charge in [0.2, 0.25) is 21.9 Å². The standard InChI is InChI=1S/C20H22F4N6O7S/c1-11(16(31)27-7-8-36-28-19(25)26)15-6-5-14(17(32)30(15)37-18(33)20(22,23)24)29-38(34,35)10-12-3-2-4-13(21)9-12/h2-6,9,11,29H,7-8,10H2,1H3,(H,27,31)(H4,25,26,28). The fourth-order valence-corrected chi connectivity index (χ4v) is 4.02. The quantitative estimate of drug-likeness (QED) is 0.0941. The molecular formula is C20H22F4N6O7S. The van der Waals surface area contributed by atoms with E-state index in [1.807, 2.05) is 4.72 Å². The average Bonchev–Trinajstić information content (AvgIpc) is 2.79. The van der Waals surface area contributed by atoms with Gasteiger partial charge >= 0.3 is 17.7 Å². The van der Waals surface area contributed by atoms with Crippen molar-refractivity contribution >= 4 is 33.5 Å². The first-order valence-corrected chi connectivity index (χ1v) is 12.0. The van der Waals surface area contributed by atoms with E-state index in [2.05, 4.69) is 20.1 Å². The summed E-state index contributed by atoms with van der Waals surface area (Å²) in [4.78, 5) is 45.6. The van der Waals surface area contributed by atoms with E-state index in [9.17, 15) is 40.4 Å². The van der Waals surface area contributed by atoms with Crippen molar-refractivity contribution in [3.8, 4) is 0 Å². The van der Waals surface area contributed by atoms with Gasteiger partial charge in [0.25, 0.3) is 0 Å². The van der Waals surface area contributed by atoms with Crippen LogP contribution in [-0.2, 0) is 30.2 Å². The van der Waals surface area contributed by atoms with Crippen molar-refractivity contribution in [2.75, 3.05) is 17.9 Å². The lowest BCUT2D eigenvalue weighted by Gasteiger charge is -2.19. The molecule has 1 atom stereocenters. The number of carbonyl (C=O) groups excluding carboxylic acids is 2. The van der Waals surface area contributed by atoms with Crippen molar-refractivity contribution in [2.45, 2.75) is 24.8 Å². The highest BCUT2D eigenvalue weighted by atomic mass is 32.2. The van der Waals surface area contributed by atoms with Crippen LogP contribution in [0.25, 0.3) is 0 Å². The number of pyridine rings is 1. The zero-order chi connectivity index (χ0) is 28.7. The van der Waals surface area contributed by atoms with Gasteiger partial charge in [0.1, 0.15) is 18.1 Å². The number of nitrogens with one attached hydrogen (secondary N) is 2. The van der Waals surface area contributed by atoms with Crippen LogP contribution in [0.1, 0.15) is 24.1 Å². The summed E-state index contributed by atoms with van der Waals surface area (Å²) in [5.41, 5.74) is 7.26. The first-order valence-electron chi connectivity index (χ1n) is 10.4. The summed E-state index contributed by atoms with van der Waals surface area (Å²) in [7, 11) is -4.39. The van der Waals surface area contributed by atoms with E-state index < -0.39 is 62.5 Å². The van der Waals surface area contributed by atoms with Crippen molar-refractivity contribution in [1.82, 2.24) is 10.0 Å². The first kappa shape index (κ1) is 29.9. The maximum Gasteiger partial charge on any atom is 0.493 e. The molecule has 2 aromatic rings. The van der Waals surface area contributed by atoms with Crippen molar-refractivity contribution < 1.29 is 45.2 Å². The van der Waals surface area contributed by atoms with Crippen molar-refractivity contribution in [3.05, 3.63) is 63.8 Å². The molecule has 38 heavy (non-hydrogen) atoms. The topological polar surface area (TPSA) is 197 Å². The van der Waals surface area contributed by atoms with Gasteiger partial charge in [-0.3, -0.25) is 14.3 Å². The lowest BCUT2D eigenvalue weighted by molar-refractivity contribution is -0.200. The van der Waals surface area contributed by atoms with Crippen LogP contribution in [0.3, 0.4) is 0 Å². The summed E-state index contributed by atoms with van der Waals surface area (Å²) in [5.74, 6) is -6.93. The van der Waals surface area contributed by atoms with Gasteiger partial charge in [0.05, 0.1) is 23.9 Å². The number of anilines is 1. The van der Waals surface area contributed by atoms with Gasteiger partial charge in [-0.1, -0.05) is 12.1 Å². The fourth-order valence-electron chi connectivity index (χ4n) is 2.84. The lowest BCUT2D eigenvalue weighted by atomic mass is 10.1. The number of aromatic nitrogens is 1. The third kappa shape index (κ3) is 8.64. The number of amides is 1. The van der Waals surface area contributed by atoms with E-state index in [0.717, 1.165) is 24.3 Å². The van der Waals surface area contributed by atoms with Gasteiger partial charge in [-0.25, -0.2) is 17.6 Å². The van der Waals surface area contributed by atoms with Gasteiger partial charge in [0, 0.05) is 0 Å². The second-order valence-corrected chi connectivity index (χ2v) is 9.22. The van der Waals surface area contributed by atoms with Crippen molar-refractivity contribution in [3.63, 3.8) is 0 Å². The molecule has 2 rings (SSSR count). The summed E-state index contributed by atoms with van der Waals surface area (Å²) >= 11 is 0. The highest BCUT2D eigenvalue weighted by Crippen LogP contribution is 2.19. The van der Waals surface area contributed by atoms with Crippen molar-refractivity contribution in [2.24, 2.45) is 16.6 Å². The number of oxime groups is 1. The Morgan fingerprint density at radius 2 is 1.87 bits per heavy atom. The van der Waals surface area contributed by atoms with Crippen LogP contribution in [0, 0.1) is 5.82 Å². The number of sulfonamides is 1. The Bertz CT molecular complexity index is 1370. The Hall–Kier alpha value is -4.35. The second kappa shape index (κ2) is 12.3. The van der Waals surface area contributed by atoms with E-state index in [-0.39, 0.29) is 29.4 Å². The summed E-state index contributed by atoms with van der Waals surface area (Å²) < 4.78 is 78.6. The number of guanidine groups is 1. The summed E-state index contributed by atoms with van der Waals surface area (Å²) in [5, 5.41) is 5.55. The Balaban J connectivity index is 2.35. The van der Waals surface area contributed by atoms with Crippen LogP contribution in [0.4, 0.5) is 23.2 Å². The summed E-state index contributed by atoms with van der Waals surface area (Å²) in [6.45, 7) is 0.815. The normalized spacial score (nSPS) is 12.2. The molecule has 0 fully saturated rings. The molecule has 0 radical (unpaired) electrons. The third-order valence-corrected chi connectivity index (χ3v) is 5.73. The molecular weight excluding hydrogens is 544 g/mol. The van der Waals surface area contributed by atoms with E-state index in [4.69, 9.17) is 11.5 Å². The first-order chi connectivity index (χ1) is 17.6. The predicted octanol–water partition coefficient (Wildman–Crippen LogP) is -0.128. The molecule has 1 unspecified atom stereocenters. The molecule has 1 aromatic carbocycles. The third-order valence-electron chi connectivity index (χ3n) is 4.49. The molecule has 1 amide bonds. The zero-order valence-electron chi connectivity index (χ0n) is 19.5. The highest BCUT2D eigenvalue weighted by Gasteiger charge is 2.43. The van der Waals surface area contributed by atoms with E-state index in [0.29, 0.717) is 0 Å². The molecule has 6 N–H and O–H groups in total. The number of nitrogens with two attached hydrogens (primary N) is 2. The second-order valence-electron chi connectivity index (χ2n) is 7.50. The average molecular weight is 566 g/mol. The molecule has 1 heterocycles. The van der Waals surface area contributed by atoms with E-state index in [1.165, 1.54) is 19.1 Å². The summed E-state index contributed by atoms with van der Waals surface area (Å²) in [6, 6.07) is 6.31. The Morgan fingerprint density at radius 1 is 1.18 bits per heavy atom. The number of halogens is 4. The molecule has 208 valence electrons.